The summed E-state index contributed by atoms with van der Waals surface area (Å²) in [6, 6.07) is 6.39. The summed E-state index contributed by atoms with van der Waals surface area (Å²) in [5.41, 5.74) is 0.708. The van der Waals surface area contributed by atoms with Gasteiger partial charge in [-0.25, -0.2) is 9.78 Å². The van der Waals surface area contributed by atoms with Gasteiger partial charge in [-0.1, -0.05) is 29.3 Å². The molecule has 0 fully saturated rings. The molecule has 0 aliphatic rings. The second-order valence-corrected chi connectivity index (χ2v) is 6.41. The monoisotopic (exact) mass is 380 g/mol. The summed E-state index contributed by atoms with van der Waals surface area (Å²) >= 11 is 13.4. The Morgan fingerprint density at radius 1 is 1.33 bits per heavy atom. The summed E-state index contributed by atoms with van der Waals surface area (Å²) in [6.45, 7) is -0.0942. The van der Waals surface area contributed by atoms with Gasteiger partial charge in [0.05, 0.1) is 5.69 Å². The van der Waals surface area contributed by atoms with Gasteiger partial charge < -0.3 is 4.74 Å². The normalized spacial score (nSPS) is 11.2. The summed E-state index contributed by atoms with van der Waals surface area (Å²) < 4.78 is 6.52. The molecule has 1 aromatic carbocycles. The summed E-state index contributed by atoms with van der Waals surface area (Å²) in [7, 11) is 0. The molecule has 24 heavy (non-hydrogen) atoms. The molecule has 0 atom stereocenters. The number of ether oxygens (including phenoxy) is 1. The molecule has 3 aromatic rings. The lowest BCUT2D eigenvalue weighted by Crippen LogP contribution is -2.14. The fourth-order valence-electron chi connectivity index (χ4n) is 1.98. The van der Waals surface area contributed by atoms with Crippen LogP contribution in [0.15, 0.2) is 46.7 Å². The summed E-state index contributed by atoms with van der Waals surface area (Å²) in [6.07, 6.45) is 4.35. The molecule has 8 heteroatoms. The van der Waals surface area contributed by atoms with Gasteiger partial charge in [0.2, 0.25) is 0 Å². The van der Waals surface area contributed by atoms with Gasteiger partial charge in [0.25, 0.3) is 5.56 Å². The molecule has 0 bridgehead atoms. The van der Waals surface area contributed by atoms with Crippen LogP contribution in [0.4, 0.5) is 0 Å². The van der Waals surface area contributed by atoms with Crippen LogP contribution in [0.1, 0.15) is 11.3 Å². The summed E-state index contributed by atoms with van der Waals surface area (Å²) in [5.74, 6) is -0.584. The third-order valence-corrected chi connectivity index (χ3v) is 4.52. The molecule has 0 saturated heterocycles. The molecule has 0 N–H and O–H groups in total. The maximum absolute atomic E-state index is 11.8. The number of nitrogens with zero attached hydrogens (tertiary/aromatic N) is 2. The van der Waals surface area contributed by atoms with Crippen molar-refractivity contribution in [1.82, 2.24) is 9.38 Å². The van der Waals surface area contributed by atoms with Crippen molar-refractivity contribution in [1.29, 1.82) is 0 Å². The van der Waals surface area contributed by atoms with Crippen LogP contribution >= 0.6 is 34.5 Å². The van der Waals surface area contributed by atoms with Gasteiger partial charge in [0.15, 0.2) is 4.96 Å². The molecular weight excluding hydrogens is 371 g/mol. The van der Waals surface area contributed by atoms with Crippen LogP contribution in [-0.2, 0) is 16.1 Å². The molecule has 0 radical (unpaired) electrons. The van der Waals surface area contributed by atoms with Gasteiger partial charge in [-0.3, -0.25) is 9.20 Å². The number of rotatable bonds is 4. The van der Waals surface area contributed by atoms with Crippen molar-refractivity contribution in [3.05, 3.63) is 73.6 Å². The minimum atomic E-state index is -0.584. The Morgan fingerprint density at radius 3 is 2.83 bits per heavy atom. The largest absolute Gasteiger partial charge is 0.456 e. The van der Waals surface area contributed by atoms with Crippen molar-refractivity contribution in [3.63, 3.8) is 0 Å². The highest BCUT2D eigenvalue weighted by atomic mass is 35.5. The van der Waals surface area contributed by atoms with Crippen molar-refractivity contribution in [2.45, 2.75) is 6.61 Å². The van der Waals surface area contributed by atoms with E-state index in [2.05, 4.69) is 4.98 Å². The van der Waals surface area contributed by atoms with Crippen molar-refractivity contribution < 1.29 is 9.53 Å². The van der Waals surface area contributed by atoms with E-state index < -0.39 is 5.97 Å². The van der Waals surface area contributed by atoms with E-state index in [9.17, 15) is 9.59 Å². The maximum atomic E-state index is 11.8. The Labute approximate surface area is 150 Å². The second-order valence-electron chi connectivity index (χ2n) is 4.72. The molecule has 0 spiro atoms. The number of hydrogen-bond acceptors (Lipinski definition) is 5. The van der Waals surface area contributed by atoms with Crippen LogP contribution in [0.2, 0.25) is 10.0 Å². The molecule has 2 aromatic heterocycles. The lowest BCUT2D eigenvalue weighted by molar-refractivity contribution is -0.139. The van der Waals surface area contributed by atoms with E-state index in [1.165, 1.54) is 34.0 Å². The van der Waals surface area contributed by atoms with Gasteiger partial charge in [-0.2, -0.15) is 0 Å². The topological polar surface area (TPSA) is 60.7 Å². The highest BCUT2D eigenvalue weighted by Crippen LogP contribution is 2.25. The zero-order valence-electron chi connectivity index (χ0n) is 12.1. The molecule has 0 saturated carbocycles. The summed E-state index contributed by atoms with van der Waals surface area (Å²) in [5, 5.41) is 2.63. The number of aromatic nitrogens is 2. The third-order valence-electron chi connectivity index (χ3n) is 3.10. The lowest BCUT2D eigenvalue weighted by Gasteiger charge is -2.03. The van der Waals surface area contributed by atoms with Gasteiger partial charge in [0, 0.05) is 39.3 Å². The van der Waals surface area contributed by atoms with Crippen LogP contribution < -0.4 is 5.56 Å². The van der Waals surface area contributed by atoms with Crippen molar-refractivity contribution in [2.75, 3.05) is 0 Å². The van der Waals surface area contributed by atoms with Crippen LogP contribution in [0.3, 0.4) is 0 Å². The Balaban J connectivity index is 1.68. The first-order valence-corrected chi connectivity index (χ1v) is 8.43. The van der Waals surface area contributed by atoms with Crippen molar-refractivity contribution in [3.8, 4) is 0 Å². The van der Waals surface area contributed by atoms with Gasteiger partial charge in [0.1, 0.15) is 6.61 Å². The van der Waals surface area contributed by atoms with Crippen molar-refractivity contribution in [2.24, 2.45) is 0 Å². The Kier molecular flexibility index (Phi) is 4.99. The van der Waals surface area contributed by atoms with E-state index >= 15 is 0 Å². The van der Waals surface area contributed by atoms with E-state index in [-0.39, 0.29) is 12.2 Å². The van der Waals surface area contributed by atoms with Gasteiger partial charge >= 0.3 is 5.97 Å². The molecule has 5 nitrogen and oxygen atoms in total. The number of benzene rings is 1. The Hall–Kier alpha value is -2.15. The number of esters is 1. The van der Waals surface area contributed by atoms with Gasteiger partial charge in [-0.15, -0.1) is 11.3 Å². The number of thiazole rings is 1. The fourth-order valence-corrected chi connectivity index (χ4v) is 3.24. The van der Waals surface area contributed by atoms with Gasteiger partial charge in [-0.05, 0) is 18.2 Å². The zero-order valence-corrected chi connectivity index (χ0v) is 14.4. The average Bonchev–Trinajstić information content (AvgIpc) is 3.01. The first-order valence-electron chi connectivity index (χ1n) is 6.79. The zero-order chi connectivity index (χ0) is 17.1. The van der Waals surface area contributed by atoms with Crippen LogP contribution in [-0.4, -0.2) is 15.4 Å². The average molecular weight is 381 g/mol. The number of fused-ring (bicyclic) bond motifs is 1. The van der Waals surface area contributed by atoms with E-state index in [1.807, 2.05) is 0 Å². The van der Waals surface area contributed by atoms with E-state index in [0.29, 0.717) is 26.3 Å². The highest BCUT2D eigenvalue weighted by Gasteiger charge is 2.06. The molecule has 0 unspecified atom stereocenters. The molecule has 122 valence electrons. The highest BCUT2D eigenvalue weighted by molar-refractivity contribution is 7.15. The maximum Gasteiger partial charge on any atom is 0.331 e. The third kappa shape index (κ3) is 3.67. The quantitative estimate of drug-likeness (QED) is 0.509. The number of carbonyl (C=O) groups excluding carboxylic acids is 1. The smallest absolute Gasteiger partial charge is 0.331 e. The minimum Gasteiger partial charge on any atom is -0.456 e. The SMILES string of the molecule is O=C(/C=C/c1c(Cl)cccc1Cl)OCc1cc(=O)n2ccsc2n1. The predicted molar refractivity (Wildman–Crippen MR) is 94.6 cm³/mol. The predicted octanol–water partition coefficient (Wildman–Crippen LogP) is 3.82. The van der Waals surface area contributed by atoms with Crippen LogP contribution in [0, 0.1) is 0 Å². The Bertz CT molecular complexity index is 974. The number of halogens is 2. The van der Waals surface area contributed by atoms with E-state index in [4.69, 9.17) is 27.9 Å². The second kappa shape index (κ2) is 7.17. The summed E-state index contributed by atoms with van der Waals surface area (Å²) in [4.78, 5) is 28.4. The number of carbonyl (C=O) groups is 1. The van der Waals surface area contributed by atoms with Crippen LogP contribution in [0.5, 0.6) is 0 Å². The Morgan fingerprint density at radius 2 is 2.08 bits per heavy atom. The van der Waals surface area contributed by atoms with E-state index in [0.717, 1.165) is 0 Å². The molecule has 0 amide bonds. The first-order chi connectivity index (χ1) is 11.5. The molecule has 3 rings (SSSR count). The first kappa shape index (κ1) is 16.7. The standard InChI is InChI=1S/C16H10Cl2N2O3S/c17-12-2-1-3-13(18)11(12)4-5-15(22)23-9-10-8-14(21)20-6-7-24-16(20)19-10/h1-8H,9H2/b5-4+. The fraction of sp³-hybridized carbons (Fsp3) is 0.0625. The lowest BCUT2D eigenvalue weighted by atomic mass is 10.2. The van der Waals surface area contributed by atoms with Crippen LogP contribution in [0.25, 0.3) is 11.0 Å². The van der Waals surface area contributed by atoms with E-state index in [1.54, 1.807) is 29.8 Å². The molecular formula is C16H10Cl2N2O3S. The molecule has 0 aliphatic heterocycles. The molecule has 2 heterocycles. The molecule has 0 aliphatic carbocycles. The minimum absolute atomic E-state index is 0.0942. The van der Waals surface area contributed by atoms with Crippen molar-refractivity contribution >= 4 is 51.5 Å². The number of hydrogen-bond donors (Lipinski definition) is 0.